The van der Waals surface area contributed by atoms with Gasteiger partial charge in [0.25, 0.3) is 0 Å². The molecule has 0 aromatic carbocycles. The number of nitrogens with zero attached hydrogens (tertiary/aromatic N) is 1. The Morgan fingerprint density at radius 1 is 1.59 bits per heavy atom. The Balaban J connectivity index is 2.28. The lowest BCUT2D eigenvalue weighted by Crippen LogP contribution is -2.45. The number of halogens is 1. The summed E-state index contributed by atoms with van der Waals surface area (Å²) in [6, 6.07) is 1.28. The SMILES string of the molecule is CCC1(C(=O)c2cncc(F)c2)CCCNC1. The van der Waals surface area contributed by atoms with Crippen molar-refractivity contribution < 1.29 is 9.18 Å². The van der Waals surface area contributed by atoms with E-state index in [1.165, 1.54) is 12.3 Å². The number of aromatic nitrogens is 1. The number of nitrogens with one attached hydrogen (secondary N) is 1. The van der Waals surface area contributed by atoms with Gasteiger partial charge in [0.15, 0.2) is 5.78 Å². The molecule has 0 radical (unpaired) electrons. The minimum Gasteiger partial charge on any atom is -0.316 e. The van der Waals surface area contributed by atoms with Gasteiger partial charge in [0.2, 0.25) is 0 Å². The molecule has 1 aliphatic heterocycles. The van der Waals surface area contributed by atoms with Crippen LogP contribution in [-0.2, 0) is 0 Å². The summed E-state index contributed by atoms with van der Waals surface area (Å²) in [6.07, 6.45) is 5.20. The topological polar surface area (TPSA) is 42.0 Å². The first-order valence-corrected chi connectivity index (χ1v) is 6.04. The van der Waals surface area contributed by atoms with E-state index in [0.29, 0.717) is 12.1 Å². The normalized spacial score (nSPS) is 24.6. The minimum atomic E-state index is -0.453. The lowest BCUT2D eigenvalue weighted by Gasteiger charge is -2.35. The molecule has 0 bridgehead atoms. The maximum Gasteiger partial charge on any atom is 0.171 e. The van der Waals surface area contributed by atoms with Crippen molar-refractivity contribution in [3.63, 3.8) is 0 Å². The highest BCUT2D eigenvalue weighted by atomic mass is 19.1. The van der Waals surface area contributed by atoms with Gasteiger partial charge >= 0.3 is 0 Å². The van der Waals surface area contributed by atoms with Crippen LogP contribution in [0.15, 0.2) is 18.5 Å². The van der Waals surface area contributed by atoms with Gasteiger partial charge in [0.1, 0.15) is 5.82 Å². The molecule has 0 amide bonds. The summed E-state index contributed by atoms with van der Waals surface area (Å²) >= 11 is 0. The predicted octanol–water partition coefficient (Wildman–Crippen LogP) is 2.18. The summed E-state index contributed by atoms with van der Waals surface area (Å²) in [4.78, 5) is 16.2. The lowest BCUT2D eigenvalue weighted by atomic mass is 9.73. The number of carbonyl (C=O) groups excluding carboxylic acids is 1. The molecule has 92 valence electrons. The van der Waals surface area contributed by atoms with Crippen molar-refractivity contribution in [3.05, 3.63) is 29.8 Å². The highest BCUT2D eigenvalue weighted by Crippen LogP contribution is 2.33. The second-order valence-corrected chi connectivity index (χ2v) is 4.64. The summed E-state index contributed by atoms with van der Waals surface area (Å²) in [5.74, 6) is -0.440. The van der Waals surface area contributed by atoms with Crippen LogP contribution in [0.2, 0.25) is 0 Å². The van der Waals surface area contributed by atoms with Gasteiger partial charge < -0.3 is 5.32 Å². The van der Waals surface area contributed by atoms with Gasteiger partial charge in [-0.1, -0.05) is 6.92 Å². The smallest absolute Gasteiger partial charge is 0.171 e. The van der Waals surface area contributed by atoms with Crippen LogP contribution in [0.1, 0.15) is 36.5 Å². The Bertz CT molecular complexity index is 414. The van der Waals surface area contributed by atoms with Crippen LogP contribution in [0, 0.1) is 11.2 Å². The molecular formula is C13H17FN2O. The van der Waals surface area contributed by atoms with Crippen LogP contribution in [0.3, 0.4) is 0 Å². The van der Waals surface area contributed by atoms with Crippen LogP contribution in [0.25, 0.3) is 0 Å². The second-order valence-electron chi connectivity index (χ2n) is 4.64. The Labute approximate surface area is 100 Å². The molecule has 3 nitrogen and oxygen atoms in total. The van der Waals surface area contributed by atoms with Crippen molar-refractivity contribution in [1.29, 1.82) is 0 Å². The van der Waals surface area contributed by atoms with Gasteiger partial charge in [-0.25, -0.2) is 4.39 Å². The summed E-state index contributed by atoms with van der Waals surface area (Å²) < 4.78 is 13.1. The Hall–Kier alpha value is -1.29. The zero-order valence-electron chi connectivity index (χ0n) is 10.0. The number of Topliss-reactive ketones (excluding diaryl/α,β-unsaturated/α-hetero) is 1. The molecule has 1 atom stereocenters. The van der Waals surface area contributed by atoms with Crippen molar-refractivity contribution in [2.24, 2.45) is 5.41 Å². The Morgan fingerprint density at radius 2 is 2.41 bits per heavy atom. The van der Waals surface area contributed by atoms with Crippen molar-refractivity contribution in [2.45, 2.75) is 26.2 Å². The molecule has 4 heteroatoms. The molecule has 1 saturated heterocycles. The molecule has 2 heterocycles. The van der Waals surface area contributed by atoms with Crippen LogP contribution < -0.4 is 5.32 Å². The molecule has 0 aliphatic carbocycles. The maximum absolute atomic E-state index is 13.1. The molecule has 1 aromatic heterocycles. The Morgan fingerprint density at radius 3 is 3.00 bits per heavy atom. The van der Waals surface area contributed by atoms with Crippen molar-refractivity contribution in [2.75, 3.05) is 13.1 Å². The van der Waals surface area contributed by atoms with Crippen molar-refractivity contribution in [3.8, 4) is 0 Å². The molecule has 0 spiro atoms. The molecule has 1 aromatic rings. The average molecular weight is 236 g/mol. The third-order valence-corrected chi connectivity index (χ3v) is 3.60. The molecule has 1 N–H and O–H groups in total. The summed E-state index contributed by atoms with van der Waals surface area (Å²) in [5.41, 5.74) is 0.00354. The van der Waals surface area contributed by atoms with E-state index in [1.54, 1.807) is 0 Å². The second kappa shape index (κ2) is 4.92. The van der Waals surface area contributed by atoms with Crippen LogP contribution >= 0.6 is 0 Å². The first-order chi connectivity index (χ1) is 8.18. The average Bonchev–Trinajstić information content (AvgIpc) is 2.38. The first kappa shape index (κ1) is 12.2. The molecule has 1 aliphatic rings. The van der Waals surface area contributed by atoms with E-state index in [1.807, 2.05) is 6.92 Å². The Kier molecular flexibility index (Phi) is 3.52. The fourth-order valence-corrected chi connectivity index (χ4v) is 2.47. The number of hydrogen-bond acceptors (Lipinski definition) is 3. The zero-order valence-corrected chi connectivity index (χ0v) is 10.0. The largest absolute Gasteiger partial charge is 0.316 e. The third-order valence-electron chi connectivity index (χ3n) is 3.60. The van der Waals surface area contributed by atoms with E-state index in [0.717, 1.165) is 32.0 Å². The van der Waals surface area contributed by atoms with Gasteiger partial charge in [-0.2, -0.15) is 0 Å². The molecule has 2 rings (SSSR count). The van der Waals surface area contributed by atoms with Gasteiger partial charge in [-0.05, 0) is 31.9 Å². The van der Waals surface area contributed by atoms with E-state index >= 15 is 0 Å². The third kappa shape index (κ3) is 2.36. The van der Waals surface area contributed by atoms with Crippen LogP contribution in [0.5, 0.6) is 0 Å². The number of carbonyl (C=O) groups is 1. The van der Waals surface area contributed by atoms with Gasteiger partial charge in [0.05, 0.1) is 6.20 Å². The number of hydrogen-bond donors (Lipinski definition) is 1. The summed E-state index contributed by atoms with van der Waals surface area (Å²) in [5, 5.41) is 3.26. The first-order valence-electron chi connectivity index (χ1n) is 6.04. The fraction of sp³-hybridized carbons (Fsp3) is 0.538. The highest BCUT2D eigenvalue weighted by molar-refractivity contribution is 6.00. The lowest BCUT2D eigenvalue weighted by molar-refractivity contribution is 0.0729. The number of rotatable bonds is 3. The standard InChI is InChI=1S/C13H17FN2O/c1-2-13(4-3-5-15-9-13)12(17)10-6-11(14)8-16-7-10/h6-8,15H,2-5,9H2,1H3. The molecule has 1 unspecified atom stereocenters. The quantitative estimate of drug-likeness (QED) is 0.818. The highest BCUT2D eigenvalue weighted by Gasteiger charge is 2.38. The summed E-state index contributed by atoms with van der Waals surface area (Å²) in [6.45, 7) is 3.65. The zero-order chi connectivity index (χ0) is 12.3. The van der Waals surface area contributed by atoms with Gasteiger partial charge in [0, 0.05) is 23.7 Å². The van der Waals surface area contributed by atoms with E-state index in [-0.39, 0.29) is 11.2 Å². The molecule has 0 saturated carbocycles. The van der Waals surface area contributed by atoms with E-state index < -0.39 is 5.82 Å². The maximum atomic E-state index is 13.1. The summed E-state index contributed by atoms with van der Waals surface area (Å²) in [7, 11) is 0. The minimum absolute atomic E-state index is 0.0131. The number of ketones is 1. The van der Waals surface area contributed by atoms with E-state index in [9.17, 15) is 9.18 Å². The monoisotopic (exact) mass is 236 g/mol. The van der Waals surface area contributed by atoms with Crippen molar-refractivity contribution >= 4 is 5.78 Å². The fourth-order valence-electron chi connectivity index (χ4n) is 2.47. The van der Waals surface area contributed by atoms with Crippen LogP contribution in [-0.4, -0.2) is 23.9 Å². The molecule has 17 heavy (non-hydrogen) atoms. The van der Waals surface area contributed by atoms with Gasteiger partial charge in [-0.3, -0.25) is 9.78 Å². The number of piperidine rings is 1. The van der Waals surface area contributed by atoms with E-state index in [4.69, 9.17) is 0 Å². The molecular weight excluding hydrogens is 219 g/mol. The number of pyridine rings is 1. The van der Waals surface area contributed by atoms with Crippen molar-refractivity contribution in [1.82, 2.24) is 10.3 Å². The predicted molar refractivity (Wildman–Crippen MR) is 63.4 cm³/mol. The molecule has 1 fully saturated rings. The van der Waals surface area contributed by atoms with Crippen LogP contribution in [0.4, 0.5) is 4.39 Å². The van der Waals surface area contributed by atoms with E-state index in [2.05, 4.69) is 10.3 Å². The van der Waals surface area contributed by atoms with Gasteiger partial charge in [-0.15, -0.1) is 0 Å².